The number of fused-ring (bicyclic) bond motifs is 1. The fourth-order valence-corrected chi connectivity index (χ4v) is 3.29. The van der Waals surface area contributed by atoms with E-state index in [0.717, 1.165) is 25.1 Å². The zero-order chi connectivity index (χ0) is 14.2. The zero-order valence-corrected chi connectivity index (χ0v) is 11.9. The van der Waals surface area contributed by atoms with Crippen LogP contribution in [0.1, 0.15) is 17.8 Å². The third kappa shape index (κ3) is 2.49. The van der Waals surface area contributed by atoms with Gasteiger partial charge >= 0.3 is 0 Å². The van der Waals surface area contributed by atoms with Gasteiger partial charge in [0.15, 0.2) is 5.03 Å². The molecule has 20 heavy (non-hydrogen) atoms. The number of anilines is 2. The molecule has 3 rings (SSSR count). The summed E-state index contributed by atoms with van der Waals surface area (Å²) in [5, 5.41) is 3.35. The average Bonchev–Trinajstić information content (AvgIpc) is 2.86. The van der Waals surface area contributed by atoms with Gasteiger partial charge in [-0.25, -0.2) is 4.98 Å². The predicted molar refractivity (Wildman–Crippen MR) is 77.4 cm³/mol. The van der Waals surface area contributed by atoms with Crippen LogP contribution in [-0.4, -0.2) is 24.9 Å². The molecule has 0 unspecified atom stereocenters. The molecule has 2 aromatic rings. The van der Waals surface area contributed by atoms with Gasteiger partial charge in [-0.15, -0.1) is 0 Å². The van der Waals surface area contributed by atoms with Crippen molar-refractivity contribution in [1.82, 2.24) is 9.97 Å². The lowest BCUT2D eigenvalue weighted by molar-refractivity contribution is 0.598. The van der Waals surface area contributed by atoms with Gasteiger partial charge in [-0.05, 0) is 37.5 Å². The molecule has 1 aromatic carbocycles. The highest BCUT2D eigenvalue weighted by Gasteiger charge is 2.17. The number of benzene rings is 1. The van der Waals surface area contributed by atoms with Gasteiger partial charge in [0.2, 0.25) is 0 Å². The molecule has 1 aromatic heterocycles. The number of aromatic nitrogens is 2. The molecule has 0 bridgehead atoms. The second-order valence-corrected chi connectivity index (χ2v) is 6.49. The third-order valence-corrected chi connectivity index (χ3v) is 4.56. The minimum Gasteiger partial charge on any atom is -0.385 e. The van der Waals surface area contributed by atoms with Crippen LogP contribution >= 0.6 is 0 Å². The zero-order valence-electron chi connectivity index (χ0n) is 11.1. The van der Waals surface area contributed by atoms with E-state index in [1.165, 1.54) is 11.8 Å². The summed E-state index contributed by atoms with van der Waals surface area (Å²) in [6.45, 7) is 2.63. The number of rotatable bonds is 3. The van der Waals surface area contributed by atoms with Gasteiger partial charge in [0.1, 0.15) is 5.82 Å². The molecule has 7 heteroatoms. The highest BCUT2D eigenvalue weighted by atomic mass is 32.2. The minimum absolute atomic E-state index is 0.0701. The van der Waals surface area contributed by atoms with Crippen LogP contribution in [0.4, 0.5) is 11.4 Å². The summed E-state index contributed by atoms with van der Waals surface area (Å²) in [4.78, 5) is 6.63. The number of imidazole rings is 1. The van der Waals surface area contributed by atoms with Crippen LogP contribution in [0.5, 0.6) is 0 Å². The van der Waals surface area contributed by atoms with Crippen molar-refractivity contribution in [2.24, 2.45) is 0 Å². The Labute approximate surface area is 117 Å². The van der Waals surface area contributed by atoms with Crippen molar-refractivity contribution in [2.45, 2.75) is 24.8 Å². The second-order valence-electron chi connectivity index (χ2n) is 4.84. The maximum atomic E-state index is 12.2. The predicted octanol–water partition coefficient (Wildman–Crippen LogP) is 1.88. The van der Waals surface area contributed by atoms with E-state index < -0.39 is 10.0 Å². The van der Waals surface area contributed by atoms with E-state index in [0.29, 0.717) is 11.5 Å². The number of hydrogen-bond donors (Lipinski definition) is 3. The molecule has 1 aliphatic heterocycles. The Morgan fingerprint density at radius 2 is 2.20 bits per heavy atom. The molecule has 0 saturated heterocycles. The van der Waals surface area contributed by atoms with Crippen LogP contribution in [0.2, 0.25) is 0 Å². The van der Waals surface area contributed by atoms with Gasteiger partial charge in [0.05, 0.1) is 11.9 Å². The highest BCUT2D eigenvalue weighted by Crippen LogP contribution is 2.26. The first-order chi connectivity index (χ1) is 9.54. The van der Waals surface area contributed by atoms with Crippen molar-refractivity contribution in [2.75, 3.05) is 16.6 Å². The lowest BCUT2D eigenvalue weighted by Gasteiger charge is -2.19. The van der Waals surface area contributed by atoms with Crippen LogP contribution in [0.25, 0.3) is 0 Å². The minimum atomic E-state index is -3.61. The normalized spacial score (nSPS) is 14.4. The summed E-state index contributed by atoms with van der Waals surface area (Å²) < 4.78 is 26.9. The van der Waals surface area contributed by atoms with Crippen LogP contribution in [0.15, 0.2) is 29.4 Å². The molecule has 0 radical (unpaired) electrons. The maximum absolute atomic E-state index is 12.2. The summed E-state index contributed by atoms with van der Waals surface area (Å²) in [5.74, 6) is 0.567. The fraction of sp³-hybridized carbons (Fsp3) is 0.308. The molecule has 0 aliphatic carbocycles. The Morgan fingerprint density at radius 3 is 2.95 bits per heavy atom. The topological polar surface area (TPSA) is 86.9 Å². The van der Waals surface area contributed by atoms with E-state index in [4.69, 9.17) is 0 Å². The number of aryl methyl sites for hydroxylation is 2. The van der Waals surface area contributed by atoms with Gasteiger partial charge in [0, 0.05) is 12.2 Å². The largest absolute Gasteiger partial charge is 0.385 e. The number of aromatic amines is 1. The molecule has 0 fully saturated rings. The first-order valence-corrected chi connectivity index (χ1v) is 7.94. The summed E-state index contributed by atoms with van der Waals surface area (Å²) in [6, 6.07) is 5.57. The summed E-state index contributed by atoms with van der Waals surface area (Å²) in [6.07, 6.45) is 3.44. The Kier molecular flexibility index (Phi) is 3.13. The van der Waals surface area contributed by atoms with Crippen molar-refractivity contribution in [3.8, 4) is 0 Å². The molecular formula is C13H16N4O2S. The van der Waals surface area contributed by atoms with Crippen molar-refractivity contribution in [3.05, 3.63) is 35.8 Å². The fourth-order valence-electron chi connectivity index (χ4n) is 2.27. The Morgan fingerprint density at radius 1 is 1.35 bits per heavy atom. The lowest BCUT2D eigenvalue weighted by Crippen LogP contribution is -2.15. The molecule has 1 aliphatic rings. The smallest absolute Gasteiger partial charge is 0.278 e. The Bertz CT molecular complexity index is 737. The van der Waals surface area contributed by atoms with E-state index in [9.17, 15) is 8.42 Å². The number of nitrogens with one attached hydrogen (secondary N) is 3. The molecule has 0 saturated carbocycles. The number of hydrogen-bond acceptors (Lipinski definition) is 4. The first kappa shape index (κ1) is 13.0. The second kappa shape index (κ2) is 4.82. The number of sulfonamides is 1. The maximum Gasteiger partial charge on any atom is 0.278 e. The molecule has 6 nitrogen and oxygen atoms in total. The van der Waals surface area contributed by atoms with Crippen molar-refractivity contribution in [3.63, 3.8) is 0 Å². The van der Waals surface area contributed by atoms with Crippen molar-refractivity contribution in [1.29, 1.82) is 0 Å². The third-order valence-electron chi connectivity index (χ3n) is 3.27. The van der Waals surface area contributed by atoms with Crippen LogP contribution < -0.4 is 10.0 Å². The van der Waals surface area contributed by atoms with E-state index in [1.54, 1.807) is 13.0 Å². The molecule has 0 atom stereocenters. The molecular weight excluding hydrogens is 276 g/mol. The quantitative estimate of drug-likeness (QED) is 0.806. The Balaban J connectivity index is 1.87. The van der Waals surface area contributed by atoms with Crippen LogP contribution in [-0.2, 0) is 16.4 Å². The van der Waals surface area contributed by atoms with E-state index in [2.05, 4.69) is 20.0 Å². The molecule has 106 valence electrons. The SMILES string of the molecule is Cc1ncc(S(=O)(=O)Nc2ccc3c(c2)NCCC3)[nH]1. The average molecular weight is 292 g/mol. The van der Waals surface area contributed by atoms with Crippen LogP contribution in [0.3, 0.4) is 0 Å². The van der Waals surface area contributed by atoms with Crippen molar-refractivity contribution >= 4 is 21.4 Å². The summed E-state index contributed by atoms with van der Waals surface area (Å²) in [7, 11) is -3.61. The van der Waals surface area contributed by atoms with Crippen molar-refractivity contribution < 1.29 is 8.42 Å². The van der Waals surface area contributed by atoms with E-state index in [-0.39, 0.29) is 5.03 Å². The van der Waals surface area contributed by atoms with Gasteiger partial charge in [-0.2, -0.15) is 8.42 Å². The summed E-state index contributed by atoms with van der Waals surface area (Å²) >= 11 is 0. The first-order valence-electron chi connectivity index (χ1n) is 6.46. The number of nitrogens with zero attached hydrogens (tertiary/aromatic N) is 1. The molecule has 3 N–H and O–H groups in total. The van der Waals surface area contributed by atoms with E-state index in [1.807, 2.05) is 12.1 Å². The standard InChI is InChI=1S/C13H16N4O2S/c1-9-15-8-13(16-9)20(18,19)17-11-5-4-10-3-2-6-14-12(10)7-11/h4-5,7-8,14,17H,2-3,6H2,1H3,(H,15,16). The van der Waals surface area contributed by atoms with Gasteiger partial charge in [-0.3, -0.25) is 4.72 Å². The van der Waals surface area contributed by atoms with E-state index >= 15 is 0 Å². The molecule has 0 amide bonds. The van der Waals surface area contributed by atoms with Gasteiger partial charge in [0.25, 0.3) is 10.0 Å². The monoisotopic (exact) mass is 292 g/mol. The molecule has 2 heterocycles. The van der Waals surface area contributed by atoms with Gasteiger partial charge < -0.3 is 10.3 Å². The highest BCUT2D eigenvalue weighted by molar-refractivity contribution is 7.92. The van der Waals surface area contributed by atoms with Crippen LogP contribution in [0, 0.1) is 6.92 Å². The van der Waals surface area contributed by atoms with Gasteiger partial charge in [-0.1, -0.05) is 6.07 Å². The summed E-state index contributed by atoms with van der Waals surface area (Å²) in [5.41, 5.74) is 2.76. The Hall–Kier alpha value is -2.02. The number of H-pyrrole nitrogens is 1. The lowest BCUT2D eigenvalue weighted by atomic mass is 10.0. The molecule has 0 spiro atoms.